The van der Waals surface area contributed by atoms with E-state index in [1.165, 1.54) is 6.07 Å². The minimum absolute atomic E-state index is 0. The van der Waals surface area contributed by atoms with E-state index in [-0.39, 0.29) is 35.0 Å². The van der Waals surface area contributed by atoms with Crippen LogP contribution in [0.2, 0.25) is 0 Å². The molecule has 152 valence electrons. The molecule has 1 heterocycles. The number of nitrogens with one attached hydrogen (secondary N) is 1. The van der Waals surface area contributed by atoms with Crippen LogP contribution in [0.4, 0.5) is 0 Å². The van der Waals surface area contributed by atoms with Gasteiger partial charge in [0.1, 0.15) is 0 Å². The molecule has 1 N–H and O–H groups in total. The van der Waals surface area contributed by atoms with E-state index < -0.39 is 9.84 Å². The number of hydrogen-bond acceptors (Lipinski definition) is 4. The Bertz CT molecular complexity index is 882. The predicted octanol–water partition coefficient (Wildman–Crippen LogP) is 3.30. The van der Waals surface area contributed by atoms with Gasteiger partial charge in [-0.3, -0.25) is 4.79 Å². The summed E-state index contributed by atoms with van der Waals surface area (Å²) >= 11 is 0. The summed E-state index contributed by atoms with van der Waals surface area (Å²) in [5.74, 6) is -0.168. The Morgan fingerprint density at radius 1 is 1.14 bits per heavy atom. The smallest absolute Gasteiger partial charge is 0.254 e. The van der Waals surface area contributed by atoms with E-state index in [9.17, 15) is 13.2 Å². The molecule has 1 amide bonds. The number of carbonyl (C=O) groups excluding carboxylic acids is 1. The van der Waals surface area contributed by atoms with Crippen LogP contribution in [0, 0.1) is 0 Å². The van der Waals surface area contributed by atoms with Crippen molar-refractivity contribution in [1.29, 1.82) is 0 Å². The first kappa shape index (κ1) is 22.4. The molecule has 0 spiro atoms. The van der Waals surface area contributed by atoms with Crippen LogP contribution in [-0.4, -0.2) is 44.9 Å². The summed E-state index contributed by atoms with van der Waals surface area (Å²) in [6, 6.07) is 15.7. The molecule has 0 radical (unpaired) electrons. The van der Waals surface area contributed by atoms with Crippen molar-refractivity contribution in [3.05, 3.63) is 65.7 Å². The average Bonchev–Trinajstić information content (AvgIpc) is 3.20. The minimum Gasteiger partial charge on any atom is -0.334 e. The van der Waals surface area contributed by atoms with E-state index in [0.717, 1.165) is 31.5 Å². The van der Waals surface area contributed by atoms with Gasteiger partial charge in [-0.25, -0.2) is 8.42 Å². The Hall–Kier alpha value is -1.89. The Balaban J connectivity index is 0.00000280. The van der Waals surface area contributed by atoms with Crippen LogP contribution in [0.3, 0.4) is 0 Å². The van der Waals surface area contributed by atoms with Crippen molar-refractivity contribution in [3.63, 3.8) is 0 Å². The van der Waals surface area contributed by atoms with Gasteiger partial charge >= 0.3 is 0 Å². The van der Waals surface area contributed by atoms with Crippen LogP contribution in [0.15, 0.2) is 59.5 Å². The summed E-state index contributed by atoms with van der Waals surface area (Å²) in [6.07, 6.45) is 1.80. The Labute approximate surface area is 173 Å². The van der Waals surface area contributed by atoms with Crippen molar-refractivity contribution in [2.75, 3.05) is 19.6 Å². The number of rotatable bonds is 7. The summed E-state index contributed by atoms with van der Waals surface area (Å²) in [7, 11) is -3.51. The number of nitrogens with zero attached hydrogens (tertiary/aromatic N) is 1. The highest BCUT2D eigenvalue weighted by Gasteiger charge is 2.27. The van der Waals surface area contributed by atoms with Gasteiger partial charge in [0, 0.05) is 24.7 Å². The lowest BCUT2D eigenvalue weighted by molar-refractivity contribution is 0.0692. The fourth-order valence-corrected chi connectivity index (χ4v) is 4.85. The van der Waals surface area contributed by atoms with Crippen LogP contribution in [0.25, 0.3) is 0 Å². The van der Waals surface area contributed by atoms with Gasteiger partial charge in [-0.2, -0.15) is 0 Å². The average molecular weight is 423 g/mol. The zero-order valence-corrected chi connectivity index (χ0v) is 17.6. The van der Waals surface area contributed by atoms with Gasteiger partial charge in [0.2, 0.25) is 0 Å². The van der Waals surface area contributed by atoms with Crippen LogP contribution >= 0.6 is 12.4 Å². The number of sulfone groups is 1. The van der Waals surface area contributed by atoms with Crippen molar-refractivity contribution in [1.82, 2.24) is 10.2 Å². The number of hydrogen-bond donors (Lipinski definition) is 1. The highest BCUT2D eigenvalue weighted by molar-refractivity contribution is 7.90. The first-order valence-electron chi connectivity index (χ1n) is 9.39. The number of benzene rings is 2. The molecule has 1 aliphatic heterocycles. The Morgan fingerprint density at radius 2 is 1.89 bits per heavy atom. The first-order chi connectivity index (χ1) is 13.0. The van der Waals surface area contributed by atoms with Crippen molar-refractivity contribution >= 4 is 28.2 Å². The lowest BCUT2D eigenvalue weighted by Crippen LogP contribution is -2.42. The molecule has 1 atom stereocenters. The molecule has 1 fully saturated rings. The van der Waals surface area contributed by atoms with E-state index in [0.29, 0.717) is 12.1 Å². The lowest BCUT2D eigenvalue weighted by Gasteiger charge is -2.28. The van der Waals surface area contributed by atoms with E-state index in [4.69, 9.17) is 0 Å². The Kier molecular flexibility index (Phi) is 8.04. The van der Waals surface area contributed by atoms with Crippen LogP contribution < -0.4 is 5.32 Å². The molecule has 7 heteroatoms. The third-order valence-corrected chi connectivity index (χ3v) is 6.53. The van der Waals surface area contributed by atoms with Crippen molar-refractivity contribution in [3.8, 4) is 0 Å². The third-order valence-electron chi connectivity index (χ3n) is 4.84. The zero-order chi connectivity index (χ0) is 19.3. The normalized spacial score (nSPS) is 16.4. The second kappa shape index (κ2) is 10.0. The molecule has 5 nitrogen and oxygen atoms in total. The van der Waals surface area contributed by atoms with Gasteiger partial charge < -0.3 is 10.2 Å². The van der Waals surface area contributed by atoms with E-state index in [1.54, 1.807) is 30.3 Å². The number of carbonyl (C=O) groups is 1. The summed E-state index contributed by atoms with van der Waals surface area (Å²) in [6.45, 7) is 4.41. The second-order valence-electron chi connectivity index (χ2n) is 6.92. The highest BCUT2D eigenvalue weighted by atomic mass is 35.5. The quantitative estimate of drug-likeness (QED) is 0.743. The SMILES string of the molecule is CCCN(C(=O)c1cccc(S(=O)(=O)Cc2ccccc2)c1)C1CCNC1.Cl. The minimum atomic E-state index is -3.51. The predicted molar refractivity (Wildman–Crippen MR) is 114 cm³/mol. The maximum absolute atomic E-state index is 13.1. The van der Waals surface area contributed by atoms with Gasteiger partial charge in [0.15, 0.2) is 9.84 Å². The fraction of sp³-hybridized carbons (Fsp3) is 0.381. The first-order valence-corrected chi connectivity index (χ1v) is 11.0. The van der Waals surface area contributed by atoms with E-state index in [2.05, 4.69) is 5.32 Å². The van der Waals surface area contributed by atoms with Gasteiger partial charge in [0.05, 0.1) is 10.6 Å². The molecular formula is C21H27ClN2O3S. The molecule has 2 aromatic rings. The van der Waals surface area contributed by atoms with Gasteiger partial charge in [-0.05, 0) is 43.1 Å². The van der Waals surface area contributed by atoms with Crippen molar-refractivity contribution in [2.45, 2.75) is 36.5 Å². The largest absolute Gasteiger partial charge is 0.334 e. The lowest BCUT2D eigenvalue weighted by atomic mass is 10.1. The molecule has 1 unspecified atom stereocenters. The standard InChI is InChI=1S/C21H26N2O3S.ClH/c1-2-13-23(19-11-12-22-15-19)21(24)18-9-6-10-20(14-18)27(25,26)16-17-7-4-3-5-8-17;/h3-10,14,19,22H,2,11-13,15-16H2,1H3;1H. The molecule has 1 aliphatic rings. The fourth-order valence-electron chi connectivity index (χ4n) is 3.46. The second-order valence-corrected chi connectivity index (χ2v) is 8.91. The Morgan fingerprint density at radius 3 is 2.54 bits per heavy atom. The summed E-state index contributed by atoms with van der Waals surface area (Å²) in [5.41, 5.74) is 1.17. The molecule has 0 saturated carbocycles. The third kappa shape index (κ3) is 5.34. The molecule has 28 heavy (non-hydrogen) atoms. The molecule has 0 aromatic heterocycles. The summed E-state index contributed by atoms with van der Waals surface area (Å²) < 4.78 is 25.6. The van der Waals surface area contributed by atoms with Gasteiger partial charge in [-0.15, -0.1) is 12.4 Å². The van der Waals surface area contributed by atoms with Gasteiger partial charge in [-0.1, -0.05) is 43.3 Å². The number of halogens is 1. The molecule has 0 bridgehead atoms. The molecular weight excluding hydrogens is 396 g/mol. The topological polar surface area (TPSA) is 66.5 Å². The molecule has 1 saturated heterocycles. The molecule has 0 aliphatic carbocycles. The van der Waals surface area contributed by atoms with Crippen LogP contribution in [0.5, 0.6) is 0 Å². The maximum atomic E-state index is 13.1. The molecule has 3 rings (SSSR count). The van der Waals surface area contributed by atoms with Crippen LogP contribution in [0.1, 0.15) is 35.7 Å². The van der Waals surface area contributed by atoms with Crippen molar-refractivity contribution < 1.29 is 13.2 Å². The zero-order valence-electron chi connectivity index (χ0n) is 16.0. The monoisotopic (exact) mass is 422 g/mol. The van der Waals surface area contributed by atoms with Crippen LogP contribution in [-0.2, 0) is 15.6 Å². The molecule has 2 aromatic carbocycles. The summed E-state index contributed by atoms with van der Waals surface area (Å²) in [5, 5.41) is 3.29. The maximum Gasteiger partial charge on any atom is 0.254 e. The van der Waals surface area contributed by atoms with Gasteiger partial charge in [0.25, 0.3) is 5.91 Å². The number of amides is 1. The van der Waals surface area contributed by atoms with E-state index in [1.807, 2.05) is 30.0 Å². The summed E-state index contributed by atoms with van der Waals surface area (Å²) in [4.78, 5) is 15.1. The van der Waals surface area contributed by atoms with E-state index >= 15 is 0 Å². The van der Waals surface area contributed by atoms with Crippen molar-refractivity contribution in [2.24, 2.45) is 0 Å². The highest BCUT2D eigenvalue weighted by Crippen LogP contribution is 2.20.